The van der Waals surface area contributed by atoms with Crippen LogP contribution >= 0.6 is 12.4 Å². The number of nitrogens with one attached hydrogen (secondary N) is 5. The number of carbonyl (C=O) groups is 2. The molecule has 4 fully saturated rings. The number of amides is 1. The highest BCUT2D eigenvalue weighted by Gasteiger charge is 2.60. The summed E-state index contributed by atoms with van der Waals surface area (Å²) in [6, 6.07) is 25.4. The Hall–Kier alpha value is -10.8. The number of H-pyrrole nitrogens is 4. The third-order valence-electron chi connectivity index (χ3n) is 22.0. The summed E-state index contributed by atoms with van der Waals surface area (Å²) in [5.41, 5.74) is 8.47. The maximum absolute atomic E-state index is 15.1. The Bertz CT molecular complexity index is 5570. The second kappa shape index (κ2) is 26.8. The van der Waals surface area contributed by atoms with Crippen LogP contribution in [0.25, 0.3) is 44.8 Å². The predicted molar refractivity (Wildman–Crippen MR) is 379 cm³/mol. The van der Waals surface area contributed by atoms with Crippen molar-refractivity contribution in [1.29, 1.82) is 0 Å². The number of aromatic carboxylic acids is 1. The molecule has 2 saturated carbocycles. The first kappa shape index (κ1) is 69.0. The third kappa shape index (κ3) is 11.7. The largest absolute Gasteiger partial charge is 0.477 e. The van der Waals surface area contributed by atoms with E-state index in [2.05, 4.69) is 79.7 Å². The van der Waals surface area contributed by atoms with E-state index in [1.807, 2.05) is 35.4 Å². The van der Waals surface area contributed by atoms with Gasteiger partial charge in [0.1, 0.15) is 45.7 Å². The summed E-state index contributed by atoms with van der Waals surface area (Å²) in [5.74, 6) is -0.161. The fourth-order valence-corrected chi connectivity index (χ4v) is 16.4. The van der Waals surface area contributed by atoms with Crippen LogP contribution in [-0.4, -0.2) is 129 Å². The summed E-state index contributed by atoms with van der Waals surface area (Å²) in [7, 11) is 0. The van der Waals surface area contributed by atoms with Crippen LogP contribution in [0.1, 0.15) is 168 Å². The number of rotatable bonds is 12. The molecule has 12 aromatic rings. The minimum atomic E-state index is -1.01. The van der Waals surface area contributed by atoms with Gasteiger partial charge in [0.25, 0.3) is 5.91 Å². The monoisotopic (exact) mass is 1440 g/mol. The molecule has 2 aliphatic carbocycles. The van der Waals surface area contributed by atoms with Gasteiger partial charge in [0.05, 0.1) is 28.8 Å². The molecule has 6 atom stereocenters. The van der Waals surface area contributed by atoms with Crippen molar-refractivity contribution >= 4 is 46.1 Å². The number of imidazole rings is 2. The maximum atomic E-state index is 15.1. The SMILES string of the molecule is C[C@H]1C[C@]1(c1noc(=O)[nH]1)n1c(C(=O)O)cc2cc(C3CCOCC3)ccc21.Cc1cc(-n2nc3c(c2-n2cc[nH]c2=O)[C@H](C)N(C(=O)c2cc4cc(C5CCOCC5)ccc4n2[C@@]2(c4noc(=O)[nH]4)C[C@@H]2C)CC3)ccc1F.Cc1cc(-n2nc3c(c2-n2cc[nH]c2=O)[C@H](C)NCC3)ccc1F.Cl. The van der Waals surface area contributed by atoms with Gasteiger partial charge in [0.2, 0.25) is 0 Å². The second-order valence-electron chi connectivity index (χ2n) is 28.1. The van der Waals surface area contributed by atoms with E-state index < -0.39 is 34.6 Å². The number of carboxylic acid groups (broad SMARTS) is 1. The summed E-state index contributed by atoms with van der Waals surface area (Å²) in [5, 5.41) is 32.7. The molecule has 2 saturated heterocycles. The number of hydrogen-bond acceptors (Lipinski definition) is 15. The molecule has 4 aliphatic heterocycles. The summed E-state index contributed by atoms with van der Waals surface area (Å²) in [6.45, 7) is 15.7. The van der Waals surface area contributed by atoms with Gasteiger partial charge in [-0.1, -0.05) is 36.3 Å². The zero-order chi connectivity index (χ0) is 71.5. The highest BCUT2D eigenvalue weighted by molar-refractivity contribution is 6.00. The van der Waals surface area contributed by atoms with Crippen molar-refractivity contribution in [3.63, 3.8) is 0 Å². The first-order valence-electron chi connectivity index (χ1n) is 34.9. The normalized spacial score (nSPS) is 21.6. The molecule has 4 aromatic carbocycles. The smallest absolute Gasteiger partial charge is 0.438 e. The van der Waals surface area contributed by atoms with Crippen LogP contribution in [0.5, 0.6) is 0 Å². The number of hydrogen-bond donors (Lipinski definition) is 6. The first-order valence-corrected chi connectivity index (χ1v) is 34.9. The van der Waals surface area contributed by atoms with Gasteiger partial charge in [-0.05, 0) is 185 Å². The van der Waals surface area contributed by atoms with E-state index in [0.717, 1.165) is 115 Å². The molecule has 12 heterocycles. The van der Waals surface area contributed by atoms with Crippen molar-refractivity contribution in [2.24, 2.45) is 11.8 Å². The molecule has 18 rings (SSSR count). The van der Waals surface area contributed by atoms with Gasteiger partial charge < -0.3 is 43.9 Å². The van der Waals surface area contributed by atoms with E-state index >= 15 is 4.79 Å². The summed E-state index contributed by atoms with van der Waals surface area (Å²) in [4.78, 5) is 88.8. The molecule has 0 radical (unpaired) electrons. The van der Waals surface area contributed by atoms with Gasteiger partial charge in [-0.2, -0.15) is 10.2 Å². The Morgan fingerprint density at radius 1 is 0.596 bits per heavy atom. The average molecular weight is 1440 g/mol. The highest BCUT2D eigenvalue weighted by Crippen LogP contribution is 2.57. The zero-order valence-corrected chi connectivity index (χ0v) is 58.7. The Labute approximate surface area is 597 Å². The van der Waals surface area contributed by atoms with E-state index in [9.17, 15) is 37.9 Å². The molecule has 8 aromatic heterocycles. The Balaban J connectivity index is 0.000000138. The Kier molecular flexibility index (Phi) is 17.8. The van der Waals surface area contributed by atoms with Crippen LogP contribution in [-0.2, 0) is 33.4 Å². The predicted octanol–water partition coefficient (Wildman–Crippen LogP) is 9.99. The highest BCUT2D eigenvalue weighted by atomic mass is 35.5. The number of benzene rings is 4. The Morgan fingerprint density at radius 2 is 1.06 bits per heavy atom. The molecule has 0 bridgehead atoms. The lowest BCUT2D eigenvalue weighted by Crippen LogP contribution is -2.41. The van der Waals surface area contributed by atoms with Crippen LogP contribution in [0.4, 0.5) is 8.78 Å². The van der Waals surface area contributed by atoms with Crippen LogP contribution in [0.15, 0.2) is 138 Å². The van der Waals surface area contributed by atoms with E-state index in [-0.39, 0.29) is 64.9 Å². The molecular weight excluding hydrogens is 1360 g/mol. The van der Waals surface area contributed by atoms with Crippen LogP contribution in [0.2, 0.25) is 0 Å². The van der Waals surface area contributed by atoms with Crippen molar-refractivity contribution in [2.75, 3.05) is 39.5 Å². The van der Waals surface area contributed by atoms with Crippen molar-refractivity contribution in [3.05, 3.63) is 231 Å². The fraction of sp³-hybridized carbons (Fsp3) is 0.378. The number of carboxylic acids is 1. The quantitative estimate of drug-likeness (QED) is 0.0662. The summed E-state index contributed by atoms with van der Waals surface area (Å²) >= 11 is 0. The van der Waals surface area contributed by atoms with E-state index in [1.54, 1.807) is 87.5 Å². The second-order valence-corrected chi connectivity index (χ2v) is 28.1. The average Bonchev–Trinajstić information content (AvgIpc) is 1.55. The minimum Gasteiger partial charge on any atom is -0.477 e. The molecule has 1 amide bonds. The number of aromatic amines is 4. The van der Waals surface area contributed by atoms with Gasteiger partial charge in [0.15, 0.2) is 11.6 Å². The number of fused-ring (bicyclic) bond motifs is 4. The first-order chi connectivity index (χ1) is 49.7. The molecule has 104 heavy (non-hydrogen) atoms. The Morgan fingerprint density at radius 3 is 1.49 bits per heavy atom. The van der Waals surface area contributed by atoms with Crippen molar-refractivity contribution in [1.82, 2.24) is 78.3 Å². The van der Waals surface area contributed by atoms with Crippen LogP contribution < -0.4 is 28.2 Å². The molecule has 6 aliphatic rings. The molecule has 27 nitrogen and oxygen atoms in total. The van der Waals surface area contributed by atoms with Gasteiger partial charge >= 0.3 is 28.9 Å². The van der Waals surface area contributed by atoms with Crippen molar-refractivity contribution < 1.29 is 42.0 Å². The van der Waals surface area contributed by atoms with Crippen LogP contribution in [0.3, 0.4) is 0 Å². The summed E-state index contributed by atoms with van der Waals surface area (Å²) in [6.07, 6.45) is 12.9. The van der Waals surface area contributed by atoms with E-state index in [4.69, 9.17) is 28.7 Å². The fourth-order valence-electron chi connectivity index (χ4n) is 16.4. The van der Waals surface area contributed by atoms with Gasteiger partial charge in [-0.3, -0.25) is 32.9 Å². The molecule has 6 N–H and O–H groups in total. The minimum absolute atomic E-state index is 0. The molecule has 0 spiro atoms. The number of ether oxygens (including phenoxy) is 2. The topological polar surface area (TPSA) is 327 Å². The third-order valence-corrected chi connectivity index (χ3v) is 22.0. The summed E-state index contributed by atoms with van der Waals surface area (Å²) < 4.78 is 59.0. The standard InChI is InChI=1S/C37H37FN8O5.C20H21N3O5.C17H18FN5O.ClH/c1-20-16-26(5-6-27(20)38)46-32(44-13-11-39-35(44)48)31-22(3)43(12-8-28(31)41-46)33(47)30-18-25-17-24(23-9-14-50-15-10-23)4-7-29(25)45(30)37(19-21(37)2)34-40-36(49)51-42-34;1-11-10-20(11,18-21-19(26)28-22-18)23-15-3-2-13(12-4-6-27-7-5-12)8-14(15)9-16(23)17(24)25;1-10-9-12(3-4-13(10)18)23-16(22-8-7-20-17(22)24)15-11(2)19-6-5-14(15)21-23;/h4-7,11,13,16-18,21-23H,8-10,12,14-15,19H2,1-3H3,(H,39,48)(H,40,42,49);2-3,8-9,11-12H,4-7,10H2,1H3,(H,24,25)(H,21,22,26);3-4,7-9,11,19H,5-6H2,1-2H3,(H,20,24);1H/t21-,22-,37-;11-,20-;11-;/m000./s1. The van der Waals surface area contributed by atoms with E-state index in [0.29, 0.717) is 83.4 Å². The molecule has 0 unspecified atom stereocenters. The number of nitrogens with zero attached hydrogens (tertiary/aromatic N) is 11. The number of halogens is 3. The number of carbonyl (C=O) groups excluding carboxylic acids is 1. The lowest BCUT2D eigenvalue weighted by Gasteiger charge is -2.34. The lowest BCUT2D eigenvalue weighted by atomic mass is 9.91. The van der Waals surface area contributed by atoms with Gasteiger partial charge in [-0.25, -0.2) is 42.1 Å². The number of aromatic nitrogens is 14. The van der Waals surface area contributed by atoms with Crippen molar-refractivity contribution in [3.8, 4) is 23.0 Å². The number of aryl methyl sites for hydroxylation is 2. The zero-order valence-electron chi connectivity index (χ0n) is 57.9. The maximum Gasteiger partial charge on any atom is 0.438 e. The lowest BCUT2D eigenvalue weighted by molar-refractivity contribution is 0.0660. The van der Waals surface area contributed by atoms with Gasteiger partial charge in [0, 0.05) is 116 Å². The molecule has 30 heteroatoms. The van der Waals surface area contributed by atoms with Crippen molar-refractivity contribution in [2.45, 2.75) is 128 Å². The van der Waals surface area contributed by atoms with Crippen LogP contribution in [0, 0.1) is 37.3 Å². The molecule has 540 valence electrons. The van der Waals surface area contributed by atoms with E-state index in [1.165, 1.54) is 27.8 Å². The van der Waals surface area contributed by atoms with Gasteiger partial charge in [-0.15, -0.1) is 12.4 Å². The molecular formula is C74H77ClF2N16O11.